The first-order valence-electron chi connectivity index (χ1n) is 5.79. The Morgan fingerprint density at radius 1 is 1.41 bits per heavy atom. The molecular weight excluding hydrogens is 222 g/mol. The first kappa shape index (κ1) is 13.7. The number of carbonyl (C=O) groups is 2. The fourth-order valence-corrected chi connectivity index (χ4v) is 1.86. The molecule has 1 rings (SSSR count). The van der Waals surface area contributed by atoms with Gasteiger partial charge in [0.2, 0.25) is 5.91 Å². The molecule has 1 heterocycles. The Labute approximate surface area is 101 Å². The first-order valence-corrected chi connectivity index (χ1v) is 5.79. The zero-order valence-corrected chi connectivity index (χ0v) is 10.3. The minimum atomic E-state index is -0.978. The molecule has 1 aliphatic heterocycles. The third-order valence-electron chi connectivity index (χ3n) is 2.97. The van der Waals surface area contributed by atoms with Crippen molar-refractivity contribution in [2.75, 3.05) is 19.8 Å². The molecule has 0 saturated carbocycles. The minimum Gasteiger partial charge on any atom is -0.480 e. The molecule has 5 heteroatoms. The normalized spacial score (nSPS) is 17.9. The van der Waals surface area contributed by atoms with Crippen LogP contribution in [-0.4, -0.2) is 47.7 Å². The molecule has 0 bridgehead atoms. The highest BCUT2D eigenvalue weighted by Crippen LogP contribution is 2.16. The highest BCUT2D eigenvalue weighted by molar-refractivity contribution is 5.94. The van der Waals surface area contributed by atoms with E-state index in [0.717, 1.165) is 0 Å². The van der Waals surface area contributed by atoms with Crippen LogP contribution in [0, 0.1) is 0 Å². The molecule has 1 aliphatic rings. The predicted molar refractivity (Wildman–Crippen MR) is 62.6 cm³/mol. The minimum absolute atomic E-state index is 0.0257. The van der Waals surface area contributed by atoms with Crippen LogP contribution in [-0.2, 0) is 14.3 Å². The Balaban J connectivity index is 2.78. The summed E-state index contributed by atoms with van der Waals surface area (Å²) < 4.78 is 5.22. The maximum atomic E-state index is 12.1. The van der Waals surface area contributed by atoms with Gasteiger partial charge in [-0.15, -0.1) is 0 Å². The van der Waals surface area contributed by atoms with Gasteiger partial charge in [0, 0.05) is 24.8 Å². The van der Waals surface area contributed by atoms with E-state index in [0.29, 0.717) is 31.6 Å². The molecule has 1 saturated heterocycles. The van der Waals surface area contributed by atoms with Gasteiger partial charge in [0.05, 0.1) is 0 Å². The second-order valence-corrected chi connectivity index (χ2v) is 4.14. The summed E-state index contributed by atoms with van der Waals surface area (Å²) in [6, 6.07) is -0.0257. The quantitative estimate of drug-likeness (QED) is 0.747. The highest BCUT2D eigenvalue weighted by Gasteiger charge is 2.27. The second-order valence-electron chi connectivity index (χ2n) is 4.14. The number of hydrogen-bond donors (Lipinski definition) is 1. The van der Waals surface area contributed by atoms with Gasteiger partial charge in [-0.1, -0.05) is 6.08 Å². The summed E-state index contributed by atoms with van der Waals surface area (Å²) in [5.74, 6) is -1.17. The molecule has 0 aromatic rings. The van der Waals surface area contributed by atoms with Gasteiger partial charge in [-0.05, 0) is 26.7 Å². The molecule has 1 fully saturated rings. The summed E-state index contributed by atoms with van der Waals surface area (Å²) in [4.78, 5) is 24.3. The standard InChI is InChI=1S/C12H19NO4/c1-3-9(2)12(16)13(8-11(14)15)10-4-6-17-7-5-10/h3,10H,4-8H2,1-2H3,(H,14,15)/b9-3-. The first-order chi connectivity index (χ1) is 8.06. The zero-order valence-electron chi connectivity index (χ0n) is 10.3. The number of rotatable bonds is 4. The Morgan fingerprint density at radius 3 is 2.47 bits per heavy atom. The van der Waals surface area contributed by atoms with Gasteiger partial charge in [0.15, 0.2) is 0 Å². The van der Waals surface area contributed by atoms with Crippen molar-refractivity contribution in [2.24, 2.45) is 0 Å². The van der Waals surface area contributed by atoms with E-state index in [4.69, 9.17) is 9.84 Å². The zero-order chi connectivity index (χ0) is 12.8. The summed E-state index contributed by atoms with van der Waals surface area (Å²) in [7, 11) is 0. The van der Waals surface area contributed by atoms with Crippen molar-refractivity contribution in [2.45, 2.75) is 32.7 Å². The van der Waals surface area contributed by atoms with E-state index in [-0.39, 0.29) is 18.5 Å². The molecule has 0 aromatic heterocycles. The molecule has 0 atom stereocenters. The number of amides is 1. The fourth-order valence-electron chi connectivity index (χ4n) is 1.86. The van der Waals surface area contributed by atoms with Gasteiger partial charge in [0.1, 0.15) is 6.54 Å². The van der Waals surface area contributed by atoms with Crippen LogP contribution < -0.4 is 0 Å². The van der Waals surface area contributed by atoms with Gasteiger partial charge in [0.25, 0.3) is 0 Å². The molecular formula is C12H19NO4. The molecule has 5 nitrogen and oxygen atoms in total. The lowest BCUT2D eigenvalue weighted by molar-refractivity contribution is -0.145. The van der Waals surface area contributed by atoms with Gasteiger partial charge in [-0.25, -0.2) is 0 Å². The van der Waals surface area contributed by atoms with E-state index in [9.17, 15) is 9.59 Å². The number of hydrogen-bond acceptors (Lipinski definition) is 3. The summed E-state index contributed by atoms with van der Waals surface area (Å²) in [5, 5.41) is 8.87. The average Bonchev–Trinajstić information content (AvgIpc) is 2.35. The number of ether oxygens (including phenoxy) is 1. The van der Waals surface area contributed by atoms with Crippen molar-refractivity contribution in [3.05, 3.63) is 11.6 Å². The lowest BCUT2D eigenvalue weighted by Gasteiger charge is -2.33. The van der Waals surface area contributed by atoms with Gasteiger partial charge < -0.3 is 14.7 Å². The van der Waals surface area contributed by atoms with Crippen LogP contribution in [0.15, 0.2) is 11.6 Å². The van der Waals surface area contributed by atoms with E-state index >= 15 is 0 Å². The second kappa shape index (κ2) is 6.39. The highest BCUT2D eigenvalue weighted by atomic mass is 16.5. The maximum absolute atomic E-state index is 12.1. The van der Waals surface area contributed by atoms with E-state index < -0.39 is 5.97 Å². The maximum Gasteiger partial charge on any atom is 0.323 e. The molecule has 0 spiro atoms. The van der Waals surface area contributed by atoms with Crippen LogP contribution in [0.4, 0.5) is 0 Å². The number of allylic oxidation sites excluding steroid dienone is 1. The van der Waals surface area contributed by atoms with Crippen LogP contribution in [0.2, 0.25) is 0 Å². The third kappa shape index (κ3) is 3.85. The molecule has 0 radical (unpaired) electrons. The van der Waals surface area contributed by atoms with Crippen molar-refractivity contribution in [1.29, 1.82) is 0 Å². The summed E-state index contributed by atoms with van der Waals surface area (Å²) in [6.07, 6.45) is 3.11. The smallest absolute Gasteiger partial charge is 0.323 e. The molecule has 0 aromatic carbocycles. The van der Waals surface area contributed by atoms with Gasteiger partial charge in [-0.2, -0.15) is 0 Å². The number of carbonyl (C=O) groups excluding carboxylic acids is 1. The van der Waals surface area contributed by atoms with Crippen LogP contribution in [0.25, 0.3) is 0 Å². The topological polar surface area (TPSA) is 66.8 Å². The average molecular weight is 241 g/mol. The van der Waals surface area contributed by atoms with Crippen molar-refractivity contribution in [3.8, 4) is 0 Å². The Hall–Kier alpha value is -1.36. The third-order valence-corrected chi connectivity index (χ3v) is 2.97. The van der Waals surface area contributed by atoms with E-state index in [1.165, 1.54) is 4.90 Å². The Bertz CT molecular complexity index is 318. The number of carboxylic acids is 1. The van der Waals surface area contributed by atoms with Crippen molar-refractivity contribution in [3.63, 3.8) is 0 Å². The van der Waals surface area contributed by atoms with Crippen molar-refractivity contribution in [1.82, 2.24) is 4.90 Å². The van der Waals surface area contributed by atoms with Crippen LogP contribution in [0.5, 0.6) is 0 Å². The molecule has 0 aliphatic carbocycles. The SMILES string of the molecule is C/C=C(/C)C(=O)N(CC(=O)O)C1CCOCC1. The van der Waals surface area contributed by atoms with Crippen molar-refractivity contribution >= 4 is 11.9 Å². The molecule has 1 N–H and O–H groups in total. The van der Waals surface area contributed by atoms with Crippen LogP contribution >= 0.6 is 0 Å². The monoisotopic (exact) mass is 241 g/mol. The lowest BCUT2D eigenvalue weighted by Crippen LogP contribution is -2.46. The molecule has 0 unspecified atom stereocenters. The summed E-state index contributed by atoms with van der Waals surface area (Å²) in [5.41, 5.74) is 0.581. The lowest BCUT2D eigenvalue weighted by atomic mass is 10.1. The Kier molecular flexibility index (Phi) is 5.15. The molecule has 1 amide bonds. The molecule has 17 heavy (non-hydrogen) atoms. The number of carboxylic acid groups (broad SMARTS) is 1. The molecule has 96 valence electrons. The van der Waals surface area contributed by atoms with E-state index in [1.54, 1.807) is 19.9 Å². The summed E-state index contributed by atoms with van der Waals surface area (Å²) in [6.45, 7) is 4.41. The van der Waals surface area contributed by atoms with Gasteiger partial charge >= 0.3 is 5.97 Å². The number of aliphatic carboxylic acids is 1. The van der Waals surface area contributed by atoms with Gasteiger partial charge in [-0.3, -0.25) is 9.59 Å². The van der Waals surface area contributed by atoms with E-state index in [1.807, 2.05) is 0 Å². The van der Waals surface area contributed by atoms with Crippen molar-refractivity contribution < 1.29 is 19.4 Å². The van der Waals surface area contributed by atoms with Crippen LogP contribution in [0.3, 0.4) is 0 Å². The number of nitrogens with zero attached hydrogens (tertiary/aromatic N) is 1. The Morgan fingerprint density at radius 2 is 2.00 bits per heavy atom. The van der Waals surface area contributed by atoms with Crippen LogP contribution in [0.1, 0.15) is 26.7 Å². The van der Waals surface area contributed by atoms with E-state index in [2.05, 4.69) is 0 Å². The largest absolute Gasteiger partial charge is 0.480 e. The summed E-state index contributed by atoms with van der Waals surface area (Å²) >= 11 is 0. The predicted octanol–water partition coefficient (Wildman–Crippen LogP) is 1.04. The fraction of sp³-hybridized carbons (Fsp3) is 0.667.